The number of carbonyl (C=O) groups excluding carboxylic acids is 1. The molecule has 1 aromatic carbocycles. The Morgan fingerprint density at radius 1 is 1.24 bits per heavy atom. The quantitative estimate of drug-likeness (QED) is 0.784. The van der Waals surface area contributed by atoms with Crippen LogP contribution >= 0.6 is 0 Å². The molecule has 2 amide bonds. The molecule has 0 spiro atoms. The van der Waals surface area contributed by atoms with Crippen LogP contribution in [0.3, 0.4) is 0 Å². The Labute approximate surface area is 162 Å². The van der Waals surface area contributed by atoms with Crippen LogP contribution in [-0.4, -0.2) is 39.9 Å². The molecule has 3 rings (SSSR count). The first-order chi connectivity index (χ1) is 13.6. The number of carbonyl (C=O) groups is 1. The van der Waals surface area contributed by atoms with Gasteiger partial charge in [-0.15, -0.1) is 0 Å². The number of nitrogens with one attached hydrogen (secondary N) is 1. The highest BCUT2D eigenvalue weighted by Gasteiger charge is 2.35. The SMILES string of the molecule is Cn1nccc(NC(=O)N2CCC(Oc3cc(F)ccc3C(F)(F)F)CC2)c1=O. The molecule has 0 unspecified atom stereocenters. The summed E-state index contributed by atoms with van der Waals surface area (Å²) in [5.41, 5.74) is -1.45. The summed E-state index contributed by atoms with van der Waals surface area (Å²) in [4.78, 5) is 25.7. The minimum atomic E-state index is -4.67. The number of hydrogen-bond donors (Lipinski definition) is 1. The van der Waals surface area contributed by atoms with Crippen molar-refractivity contribution in [3.05, 3.63) is 52.2 Å². The number of hydrogen-bond acceptors (Lipinski definition) is 4. The van der Waals surface area contributed by atoms with E-state index in [4.69, 9.17) is 4.74 Å². The molecule has 156 valence electrons. The summed E-state index contributed by atoms with van der Waals surface area (Å²) in [6.45, 7) is 0.414. The highest BCUT2D eigenvalue weighted by Crippen LogP contribution is 2.37. The van der Waals surface area contributed by atoms with Gasteiger partial charge in [0.1, 0.15) is 23.4 Å². The van der Waals surface area contributed by atoms with Crippen molar-refractivity contribution >= 4 is 11.7 Å². The second-order valence-electron chi connectivity index (χ2n) is 6.55. The molecule has 2 aromatic rings. The largest absolute Gasteiger partial charge is 0.490 e. The maximum absolute atomic E-state index is 13.4. The van der Waals surface area contributed by atoms with Gasteiger partial charge in [-0.1, -0.05) is 0 Å². The zero-order valence-corrected chi connectivity index (χ0v) is 15.4. The van der Waals surface area contributed by atoms with Crippen molar-refractivity contribution in [2.75, 3.05) is 18.4 Å². The molecular weight excluding hydrogens is 396 g/mol. The number of anilines is 1. The van der Waals surface area contributed by atoms with E-state index in [-0.39, 0.29) is 31.6 Å². The van der Waals surface area contributed by atoms with Crippen LogP contribution in [0, 0.1) is 5.82 Å². The molecule has 1 aromatic heterocycles. The second-order valence-corrected chi connectivity index (χ2v) is 6.55. The number of benzene rings is 1. The summed E-state index contributed by atoms with van der Waals surface area (Å²) in [5.74, 6) is -1.40. The lowest BCUT2D eigenvalue weighted by Gasteiger charge is -2.32. The van der Waals surface area contributed by atoms with E-state index in [9.17, 15) is 27.2 Å². The van der Waals surface area contributed by atoms with Gasteiger partial charge < -0.3 is 15.0 Å². The number of amides is 2. The first-order valence-electron chi connectivity index (χ1n) is 8.77. The van der Waals surface area contributed by atoms with Crippen molar-refractivity contribution in [2.24, 2.45) is 7.05 Å². The van der Waals surface area contributed by atoms with Gasteiger partial charge in [0.05, 0.1) is 5.56 Å². The minimum Gasteiger partial charge on any atom is -0.490 e. The Kier molecular flexibility index (Phi) is 5.76. The molecule has 0 aliphatic carbocycles. The molecule has 1 fully saturated rings. The third-order valence-electron chi connectivity index (χ3n) is 4.52. The number of likely N-dealkylation sites (tertiary alicyclic amines) is 1. The molecule has 7 nitrogen and oxygen atoms in total. The lowest BCUT2D eigenvalue weighted by atomic mass is 10.1. The topological polar surface area (TPSA) is 76.5 Å². The van der Waals surface area contributed by atoms with Crippen LogP contribution in [0.25, 0.3) is 0 Å². The number of halogens is 4. The van der Waals surface area contributed by atoms with Crippen LogP contribution in [-0.2, 0) is 13.2 Å². The van der Waals surface area contributed by atoms with Crippen molar-refractivity contribution in [1.82, 2.24) is 14.7 Å². The maximum atomic E-state index is 13.4. The predicted molar refractivity (Wildman–Crippen MR) is 95.1 cm³/mol. The number of rotatable bonds is 3. The highest BCUT2D eigenvalue weighted by molar-refractivity contribution is 5.89. The van der Waals surface area contributed by atoms with E-state index in [0.717, 1.165) is 10.7 Å². The van der Waals surface area contributed by atoms with Gasteiger partial charge >= 0.3 is 12.2 Å². The Morgan fingerprint density at radius 3 is 2.59 bits per heavy atom. The van der Waals surface area contributed by atoms with E-state index in [1.54, 1.807) is 0 Å². The molecule has 11 heteroatoms. The number of ether oxygens (including phenoxy) is 1. The van der Waals surface area contributed by atoms with E-state index in [1.165, 1.54) is 24.2 Å². The van der Waals surface area contributed by atoms with E-state index >= 15 is 0 Å². The van der Waals surface area contributed by atoms with E-state index in [1.807, 2.05) is 0 Å². The van der Waals surface area contributed by atoms with Crippen LogP contribution in [0.4, 0.5) is 28.0 Å². The van der Waals surface area contributed by atoms with Gasteiger partial charge in [-0.3, -0.25) is 4.79 Å². The molecule has 1 N–H and O–H groups in total. The normalized spacial score (nSPS) is 15.3. The molecular formula is C18H18F4N4O3. The zero-order valence-electron chi connectivity index (χ0n) is 15.4. The average molecular weight is 414 g/mol. The van der Waals surface area contributed by atoms with Crippen molar-refractivity contribution < 1.29 is 27.1 Å². The highest BCUT2D eigenvalue weighted by atomic mass is 19.4. The number of aryl methyl sites for hydroxylation is 1. The Morgan fingerprint density at radius 2 is 1.93 bits per heavy atom. The summed E-state index contributed by atoms with van der Waals surface area (Å²) in [5, 5.41) is 6.25. The lowest BCUT2D eigenvalue weighted by molar-refractivity contribution is -0.139. The maximum Gasteiger partial charge on any atom is 0.419 e. The standard InChI is InChI=1S/C18H18F4N4O3/c1-25-16(27)14(4-7-23-25)24-17(28)26-8-5-12(6-9-26)29-15-10-11(19)2-3-13(15)18(20,21)22/h2-4,7,10,12H,5-6,8-9H2,1H3,(H,24,28). The second kappa shape index (κ2) is 8.10. The van der Waals surface area contributed by atoms with Crippen molar-refractivity contribution in [1.29, 1.82) is 0 Å². The molecule has 2 heterocycles. The summed E-state index contributed by atoms with van der Waals surface area (Å²) < 4.78 is 59.1. The number of aromatic nitrogens is 2. The third kappa shape index (κ3) is 4.84. The molecule has 0 atom stereocenters. The fraction of sp³-hybridized carbons (Fsp3) is 0.389. The van der Waals surface area contributed by atoms with Gasteiger partial charge in [-0.05, 0) is 18.2 Å². The lowest BCUT2D eigenvalue weighted by Crippen LogP contribution is -2.44. The first-order valence-corrected chi connectivity index (χ1v) is 8.77. The van der Waals surface area contributed by atoms with E-state index in [0.29, 0.717) is 12.1 Å². The van der Waals surface area contributed by atoms with E-state index in [2.05, 4.69) is 10.4 Å². The summed E-state index contributed by atoms with van der Waals surface area (Å²) >= 11 is 0. The van der Waals surface area contributed by atoms with Gasteiger partial charge in [-0.25, -0.2) is 13.9 Å². The number of nitrogens with zero attached hydrogens (tertiary/aromatic N) is 3. The van der Waals surface area contributed by atoms with Crippen LogP contribution in [0.15, 0.2) is 35.3 Å². The minimum absolute atomic E-state index is 0.0699. The van der Waals surface area contributed by atoms with Crippen LogP contribution in [0.5, 0.6) is 5.75 Å². The molecule has 1 aliphatic rings. The summed E-state index contributed by atoms with van der Waals surface area (Å²) in [6.07, 6.45) is -3.38. The Bertz CT molecular complexity index is 953. The molecule has 1 saturated heterocycles. The van der Waals surface area contributed by atoms with Crippen molar-refractivity contribution in [3.8, 4) is 5.75 Å². The molecule has 0 radical (unpaired) electrons. The molecule has 0 bridgehead atoms. The van der Waals surface area contributed by atoms with Gasteiger partial charge in [0.25, 0.3) is 5.56 Å². The van der Waals surface area contributed by atoms with Crippen LogP contribution in [0.2, 0.25) is 0 Å². The smallest absolute Gasteiger partial charge is 0.419 e. The Balaban J connectivity index is 1.61. The van der Waals surface area contributed by atoms with Crippen molar-refractivity contribution in [3.63, 3.8) is 0 Å². The fourth-order valence-corrected chi connectivity index (χ4v) is 2.98. The molecule has 1 aliphatic heterocycles. The van der Waals surface area contributed by atoms with E-state index < -0.39 is 41.0 Å². The third-order valence-corrected chi connectivity index (χ3v) is 4.52. The number of alkyl halides is 3. The van der Waals surface area contributed by atoms with Gasteiger partial charge in [0, 0.05) is 45.2 Å². The van der Waals surface area contributed by atoms with Gasteiger partial charge in [-0.2, -0.15) is 18.3 Å². The number of urea groups is 1. The monoisotopic (exact) mass is 414 g/mol. The fourth-order valence-electron chi connectivity index (χ4n) is 2.98. The summed E-state index contributed by atoms with van der Waals surface area (Å²) in [7, 11) is 1.45. The molecule has 29 heavy (non-hydrogen) atoms. The van der Waals surface area contributed by atoms with Crippen LogP contribution in [0.1, 0.15) is 18.4 Å². The van der Waals surface area contributed by atoms with Gasteiger partial charge in [0.15, 0.2) is 0 Å². The molecule has 0 saturated carbocycles. The Hall–Kier alpha value is -3.11. The summed E-state index contributed by atoms with van der Waals surface area (Å²) in [6, 6.07) is 2.95. The first kappa shape index (κ1) is 20.6. The van der Waals surface area contributed by atoms with Crippen molar-refractivity contribution in [2.45, 2.75) is 25.1 Å². The predicted octanol–water partition coefficient (Wildman–Crippen LogP) is 3.01. The van der Waals surface area contributed by atoms with Gasteiger partial charge in [0.2, 0.25) is 0 Å². The zero-order chi connectivity index (χ0) is 21.2. The average Bonchev–Trinajstić information content (AvgIpc) is 2.65. The number of piperidine rings is 1. The van der Waals surface area contributed by atoms with Crippen LogP contribution < -0.4 is 15.6 Å².